The second-order valence-electron chi connectivity index (χ2n) is 2.91. The average Bonchev–Trinajstić information content (AvgIpc) is 2.04. The summed E-state index contributed by atoms with van der Waals surface area (Å²) in [5.74, 6) is -0.674. The van der Waals surface area contributed by atoms with Crippen molar-refractivity contribution in [3.63, 3.8) is 0 Å². The van der Waals surface area contributed by atoms with E-state index in [4.69, 9.17) is 5.11 Å². The van der Waals surface area contributed by atoms with Crippen molar-refractivity contribution in [3.05, 3.63) is 0 Å². The maximum Gasteiger partial charge on any atom is 0.303 e. The van der Waals surface area contributed by atoms with Crippen LogP contribution in [-0.4, -0.2) is 22.6 Å². The fourth-order valence-electron chi connectivity index (χ4n) is 1.14. The van der Waals surface area contributed by atoms with Gasteiger partial charge in [-0.2, -0.15) is 11.8 Å². The maximum absolute atomic E-state index is 10.2. The molecule has 0 heterocycles. The maximum atomic E-state index is 10.2. The Bertz CT molecular complexity index is 122. The van der Waals surface area contributed by atoms with Crippen molar-refractivity contribution < 1.29 is 9.90 Å². The summed E-state index contributed by atoms with van der Waals surface area (Å²) < 4.78 is 0. The van der Waals surface area contributed by atoms with E-state index < -0.39 is 5.97 Å². The Labute approximate surface area is 78.7 Å². The summed E-state index contributed by atoms with van der Waals surface area (Å²) >= 11 is 1.88. The Hall–Kier alpha value is -0.180. The molecule has 1 N–H and O–H groups in total. The summed E-state index contributed by atoms with van der Waals surface area (Å²) in [5.41, 5.74) is 0. The van der Waals surface area contributed by atoms with Gasteiger partial charge in [-0.05, 0) is 25.5 Å². The second kappa shape index (κ2) is 7.47. The molecule has 12 heavy (non-hydrogen) atoms. The highest BCUT2D eigenvalue weighted by Gasteiger charge is 2.03. The molecule has 3 heteroatoms. The summed E-state index contributed by atoms with van der Waals surface area (Å²) in [7, 11) is 0. The van der Waals surface area contributed by atoms with Gasteiger partial charge >= 0.3 is 5.97 Å². The van der Waals surface area contributed by atoms with Crippen LogP contribution < -0.4 is 0 Å². The number of carboxylic acids is 1. The quantitative estimate of drug-likeness (QED) is 0.627. The van der Waals surface area contributed by atoms with E-state index in [-0.39, 0.29) is 0 Å². The molecule has 0 spiro atoms. The minimum Gasteiger partial charge on any atom is -0.481 e. The summed E-state index contributed by atoms with van der Waals surface area (Å²) in [5, 5.41) is 9.11. The normalized spacial score (nSPS) is 12.8. The van der Waals surface area contributed by atoms with E-state index in [1.54, 1.807) is 0 Å². The van der Waals surface area contributed by atoms with Crippen LogP contribution in [0.15, 0.2) is 0 Å². The van der Waals surface area contributed by atoms with E-state index >= 15 is 0 Å². The number of hydrogen-bond donors (Lipinski definition) is 1. The number of carbonyl (C=O) groups is 1. The summed E-state index contributed by atoms with van der Waals surface area (Å²) in [6, 6.07) is 0. The molecule has 0 bridgehead atoms. The van der Waals surface area contributed by atoms with Crippen molar-refractivity contribution in [2.75, 3.05) is 6.26 Å². The zero-order valence-corrected chi connectivity index (χ0v) is 8.69. The Morgan fingerprint density at radius 2 is 2.17 bits per heavy atom. The van der Waals surface area contributed by atoms with Gasteiger partial charge in [-0.3, -0.25) is 4.79 Å². The molecular formula is C9H18O2S. The van der Waals surface area contributed by atoms with Crippen LogP contribution in [0.5, 0.6) is 0 Å². The smallest absolute Gasteiger partial charge is 0.303 e. The molecular weight excluding hydrogens is 172 g/mol. The van der Waals surface area contributed by atoms with E-state index in [1.807, 2.05) is 11.8 Å². The Morgan fingerprint density at radius 3 is 2.58 bits per heavy atom. The van der Waals surface area contributed by atoms with Crippen molar-refractivity contribution in [1.29, 1.82) is 0 Å². The van der Waals surface area contributed by atoms with E-state index in [0.29, 0.717) is 6.42 Å². The summed E-state index contributed by atoms with van der Waals surface area (Å²) in [4.78, 5) is 10.2. The molecule has 1 atom stereocenters. The first-order valence-electron chi connectivity index (χ1n) is 4.45. The number of hydrogen-bond acceptors (Lipinski definition) is 2. The summed E-state index contributed by atoms with van der Waals surface area (Å²) in [6.07, 6.45) is 6.66. The molecule has 0 aromatic heterocycles. The standard InChI is InChI=1S/C9H18O2S/c1-3-8(12-2)6-4-5-7-9(10)11/h8H,3-7H2,1-2H3,(H,10,11). The van der Waals surface area contributed by atoms with E-state index in [0.717, 1.165) is 24.5 Å². The van der Waals surface area contributed by atoms with Gasteiger partial charge in [0.2, 0.25) is 0 Å². The fourth-order valence-corrected chi connectivity index (χ4v) is 1.87. The number of carboxylic acid groups (broad SMARTS) is 1. The van der Waals surface area contributed by atoms with Gasteiger partial charge in [-0.1, -0.05) is 13.3 Å². The highest BCUT2D eigenvalue weighted by atomic mass is 32.2. The van der Waals surface area contributed by atoms with Gasteiger partial charge in [0.25, 0.3) is 0 Å². The molecule has 0 aromatic carbocycles. The minimum atomic E-state index is -0.674. The molecule has 0 amide bonds. The molecule has 0 fully saturated rings. The predicted molar refractivity (Wildman–Crippen MR) is 53.7 cm³/mol. The monoisotopic (exact) mass is 190 g/mol. The van der Waals surface area contributed by atoms with Crippen molar-refractivity contribution >= 4 is 17.7 Å². The Balaban J connectivity index is 3.23. The third-order valence-electron chi connectivity index (χ3n) is 1.96. The van der Waals surface area contributed by atoms with Gasteiger partial charge in [0.1, 0.15) is 0 Å². The first-order valence-corrected chi connectivity index (χ1v) is 5.74. The highest BCUT2D eigenvalue weighted by Crippen LogP contribution is 2.17. The fraction of sp³-hybridized carbons (Fsp3) is 0.889. The van der Waals surface area contributed by atoms with E-state index in [2.05, 4.69) is 13.2 Å². The van der Waals surface area contributed by atoms with Crippen LogP contribution in [0.3, 0.4) is 0 Å². The van der Waals surface area contributed by atoms with Crippen LogP contribution >= 0.6 is 11.8 Å². The molecule has 0 aliphatic heterocycles. The number of thioether (sulfide) groups is 1. The Morgan fingerprint density at radius 1 is 1.50 bits per heavy atom. The molecule has 72 valence electrons. The second-order valence-corrected chi connectivity index (χ2v) is 4.04. The minimum absolute atomic E-state index is 0.324. The number of rotatable bonds is 7. The number of unbranched alkanes of at least 4 members (excludes halogenated alkanes) is 1. The molecule has 1 unspecified atom stereocenters. The molecule has 0 aliphatic carbocycles. The van der Waals surface area contributed by atoms with Crippen molar-refractivity contribution in [2.24, 2.45) is 0 Å². The predicted octanol–water partition coefficient (Wildman–Crippen LogP) is 2.77. The van der Waals surface area contributed by atoms with Gasteiger partial charge in [-0.25, -0.2) is 0 Å². The van der Waals surface area contributed by atoms with E-state index in [1.165, 1.54) is 6.42 Å². The average molecular weight is 190 g/mol. The zero-order chi connectivity index (χ0) is 9.40. The van der Waals surface area contributed by atoms with Crippen molar-refractivity contribution in [3.8, 4) is 0 Å². The van der Waals surface area contributed by atoms with Gasteiger partial charge in [0.05, 0.1) is 0 Å². The van der Waals surface area contributed by atoms with Crippen molar-refractivity contribution in [1.82, 2.24) is 0 Å². The lowest BCUT2D eigenvalue weighted by molar-refractivity contribution is -0.137. The van der Waals surface area contributed by atoms with Crippen LogP contribution in [-0.2, 0) is 4.79 Å². The highest BCUT2D eigenvalue weighted by molar-refractivity contribution is 7.99. The topological polar surface area (TPSA) is 37.3 Å². The molecule has 2 nitrogen and oxygen atoms in total. The molecule has 0 radical (unpaired) electrons. The lowest BCUT2D eigenvalue weighted by Gasteiger charge is -2.10. The SMILES string of the molecule is CCC(CCCCC(=O)O)SC. The molecule has 0 saturated carbocycles. The Kier molecular flexibility index (Phi) is 7.36. The molecule has 0 rings (SSSR count). The van der Waals surface area contributed by atoms with Crippen LogP contribution in [0.4, 0.5) is 0 Å². The third kappa shape index (κ3) is 6.53. The first kappa shape index (κ1) is 11.8. The lowest BCUT2D eigenvalue weighted by atomic mass is 10.1. The van der Waals surface area contributed by atoms with Gasteiger partial charge in [0, 0.05) is 11.7 Å². The van der Waals surface area contributed by atoms with Crippen LogP contribution in [0.1, 0.15) is 39.0 Å². The number of aliphatic carboxylic acids is 1. The van der Waals surface area contributed by atoms with Crippen LogP contribution in [0, 0.1) is 0 Å². The van der Waals surface area contributed by atoms with Crippen LogP contribution in [0.25, 0.3) is 0 Å². The third-order valence-corrected chi connectivity index (χ3v) is 3.19. The van der Waals surface area contributed by atoms with Crippen molar-refractivity contribution in [2.45, 2.75) is 44.3 Å². The molecule has 0 saturated heterocycles. The van der Waals surface area contributed by atoms with Gasteiger partial charge < -0.3 is 5.11 Å². The lowest BCUT2D eigenvalue weighted by Crippen LogP contribution is -2.00. The van der Waals surface area contributed by atoms with Gasteiger partial charge in [-0.15, -0.1) is 0 Å². The van der Waals surface area contributed by atoms with E-state index in [9.17, 15) is 4.79 Å². The summed E-state index contributed by atoms with van der Waals surface area (Å²) in [6.45, 7) is 2.18. The molecule has 0 aliphatic rings. The first-order chi connectivity index (χ1) is 5.70. The zero-order valence-electron chi connectivity index (χ0n) is 7.88. The van der Waals surface area contributed by atoms with Crippen LogP contribution in [0.2, 0.25) is 0 Å². The van der Waals surface area contributed by atoms with Gasteiger partial charge in [0.15, 0.2) is 0 Å². The molecule has 0 aromatic rings. The largest absolute Gasteiger partial charge is 0.481 e.